The van der Waals surface area contributed by atoms with E-state index in [0.717, 1.165) is 0 Å². The van der Waals surface area contributed by atoms with E-state index < -0.39 is 17.8 Å². The molecular weight excluding hydrogens is 202 g/mol. The van der Waals surface area contributed by atoms with Gasteiger partial charge in [0.1, 0.15) is 6.07 Å². The van der Waals surface area contributed by atoms with Crippen LogP contribution in [-0.2, 0) is 14.4 Å². The second-order valence-electron chi connectivity index (χ2n) is 2.64. The first-order valence-electron chi connectivity index (χ1n) is 4.09. The van der Waals surface area contributed by atoms with Crippen molar-refractivity contribution >= 4 is 17.8 Å². The lowest BCUT2D eigenvalue weighted by Gasteiger charge is -2.04. The number of rotatable bonds is 3. The molecule has 1 amide bonds. The minimum Gasteiger partial charge on any atom is -0.430 e. The molecule has 7 heteroatoms. The van der Waals surface area contributed by atoms with E-state index in [-0.39, 0.29) is 6.10 Å². The highest BCUT2D eigenvalue weighted by Crippen LogP contribution is 1.93. The first-order valence-corrected chi connectivity index (χ1v) is 4.09. The van der Waals surface area contributed by atoms with Gasteiger partial charge in [-0.3, -0.25) is 9.63 Å². The van der Waals surface area contributed by atoms with Gasteiger partial charge in [-0.1, -0.05) is 5.16 Å². The fourth-order valence-electron chi connectivity index (χ4n) is 0.528. The molecule has 0 atom stereocenters. The summed E-state index contributed by atoms with van der Waals surface area (Å²) in [7, 11) is 1.32. The van der Waals surface area contributed by atoms with Gasteiger partial charge in [0.15, 0.2) is 0 Å². The molecule has 0 aromatic rings. The van der Waals surface area contributed by atoms with Gasteiger partial charge in [-0.15, -0.1) is 0 Å². The topological polar surface area (TPSA) is 101 Å². The van der Waals surface area contributed by atoms with E-state index in [1.54, 1.807) is 13.8 Å². The number of nitrogens with zero attached hydrogens (tertiary/aromatic N) is 2. The highest BCUT2D eigenvalue weighted by Gasteiger charge is 2.12. The Hall–Kier alpha value is -2.10. The van der Waals surface area contributed by atoms with Crippen LogP contribution >= 0.6 is 0 Å². The number of hydrogen-bond donors (Lipinski definition) is 1. The highest BCUT2D eigenvalue weighted by molar-refractivity contribution is 6.44. The molecule has 0 aliphatic heterocycles. The molecular formula is C8H11N3O4. The third-order valence-electron chi connectivity index (χ3n) is 1.09. The molecule has 0 aliphatic carbocycles. The second kappa shape index (κ2) is 6.37. The second-order valence-corrected chi connectivity index (χ2v) is 2.64. The molecule has 0 spiro atoms. The number of nitrogens with one attached hydrogen (secondary N) is 1. The molecule has 0 saturated heterocycles. The first-order chi connectivity index (χ1) is 7.01. The fraction of sp³-hybridized carbons (Fsp3) is 0.500. The van der Waals surface area contributed by atoms with Gasteiger partial charge in [-0.25, -0.2) is 4.79 Å². The molecule has 0 rings (SSSR count). The van der Waals surface area contributed by atoms with Crippen LogP contribution in [0.3, 0.4) is 0 Å². The SMILES string of the molecule is CNC(=O)C(C#N)=NOC(=O)OC(C)C. The van der Waals surface area contributed by atoms with E-state index in [4.69, 9.17) is 5.26 Å². The third-order valence-corrected chi connectivity index (χ3v) is 1.09. The molecule has 0 aromatic carbocycles. The Morgan fingerprint density at radius 2 is 2.07 bits per heavy atom. The minimum atomic E-state index is -1.07. The van der Waals surface area contributed by atoms with E-state index in [1.807, 2.05) is 0 Å². The lowest BCUT2D eigenvalue weighted by atomic mass is 10.4. The van der Waals surface area contributed by atoms with E-state index in [9.17, 15) is 9.59 Å². The van der Waals surface area contributed by atoms with Gasteiger partial charge in [0.2, 0.25) is 5.71 Å². The summed E-state index contributed by atoms with van der Waals surface area (Å²) in [5, 5.41) is 13.6. The van der Waals surface area contributed by atoms with Gasteiger partial charge in [0.25, 0.3) is 5.91 Å². The Labute approximate surface area is 86.6 Å². The molecule has 15 heavy (non-hydrogen) atoms. The summed E-state index contributed by atoms with van der Waals surface area (Å²) in [6, 6.07) is 1.47. The Kier molecular flexibility index (Phi) is 5.48. The molecule has 0 fully saturated rings. The summed E-state index contributed by atoms with van der Waals surface area (Å²) in [4.78, 5) is 25.8. The summed E-state index contributed by atoms with van der Waals surface area (Å²) in [6.45, 7) is 3.24. The van der Waals surface area contributed by atoms with Crippen molar-refractivity contribution in [2.45, 2.75) is 20.0 Å². The largest absolute Gasteiger partial charge is 0.535 e. The van der Waals surface area contributed by atoms with Crippen LogP contribution in [0.5, 0.6) is 0 Å². The van der Waals surface area contributed by atoms with Gasteiger partial charge in [0.05, 0.1) is 6.10 Å². The maximum atomic E-state index is 10.9. The van der Waals surface area contributed by atoms with Gasteiger partial charge >= 0.3 is 6.16 Å². The molecule has 0 bridgehead atoms. The van der Waals surface area contributed by atoms with Crippen LogP contribution in [0.15, 0.2) is 5.16 Å². The van der Waals surface area contributed by atoms with Crippen molar-refractivity contribution in [1.82, 2.24) is 5.32 Å². The molecule has 0 saturated carbocycles. The molecule has 0 unspecified atom stereocenters. The van der Waals surface area contributed by atoms with Gasteiger partial charge in [0, 0.05) is 7.05 Å². The fourth-order valence-corrected chi connectivity index (χ4v) is 0.528. The van der Waals surface area contributed by atoms with E-state index >= 15 is 0 Å². The zero-order chi connectivity index (χ0) is 11.8. The van der Waals surface area contributed by atoms with E-state index in [1.165, 1.54) is 13.1 Å². The van der Waals surface area contributed by atoms with Crippen molar-refractivity contribution in [3.8, 4) is 6.07 Å². The number of oxime groups is 1. The van der Waals surface area contributed by atoms with E-state index in [2.05, 4.69) is 20.0 Å². The first kappa shape index (κ1) is 12.9. The standard InChI is InChI=1S/C8H11N3O4/c1-5(2)14-8(13)15-11-6(4-9)7(12)10-3/h5H,1-3H3,(H,10,12). The van der Waals surface area contributed by atoms with Crippen LogP contribution in [0.25, 0.3) is 0 Å². The zero-order valence-corrected chi connectivity index (χ0v) is 8.60. The highest BCUT2D eigenvalue weighted by atomic mass is 16.8. The Morgan fingerprint density at radius 1 is 1.47 bits per heavy atom. The predicted molar refractivity (Wildman–Crippen MR) is 49.8 cm³/mol. The van der Waals surface area contributed by atoms with Crippen LogP contribution < -0.4 is 5.32 Å². The number of nitriles is 1. The van der Waals surface area contributed by atoms with Crippen LogP contribution in [-0.4, -0.2) is 30.9 Å². The minimum absolute atomic E-state index is 0.363. The summed E-state index contributed by atoms with van der Waals surface area (Å²) in [5.74, 6) is -0.741. The number of carbonyl (C=O) groups is 2. The van der Waals surface area contributed by atoms with E-state index in [0.29, 0.717) is 0 Å². The molecule has 0 aliphatic rings. The lowest BCUT2D eigenvalue weighted by molar-refractivity contribution is -0.114. The molecule has 0 heterocycles. The molecule has 1 N–H and O–H groups in total. The molecule has 82 valence electrons. The van der Waals surface area contributed by atoms with Gasteiger partial charge < -0.3 is 10.1 Å². The van der Waals surface area contributed by atoms with Crippen molar-refractivity contribution in [2.75, 3.05) is 7.05 Å². The van der Waals surface area contributed by atoms with Crippen molar-refractivity contribution < 1.29 is 19.2 Å². The molecule has 7 nitrogen and oxygen atoms in total. The van der Waals surface area contributed by atoms with Crippen LogP contribution in [0.2, 0.25) is 0 Å². The maximum absolute atomic E-state index is 10.9. The quantitative estimate of drug-likeness (QED) is 0.312. The van der Waals surface area contributed by atoms with Crippen LogP contribution in [0.1, 0.15) is 13.8 Å². The average Bonchev–Trinajstić information content (AvgIpc) is 2.17. The predicted octanol–water partition coefficient (Wildman–Crippen LogP) is 0.174. The number of carbonyl (C=O) groups excluding carboxylic acids is 2. The lowest BCUT2D eigenvalue weighted by Crippen LogP contribution is -2.27. The smallest absolute Gasteiger partial charge is 0.430 e. The number of amides is 1. The summed E-state index contributed by atoms with van der Waals surface area (Å²) in [5.41, 5.74) is -0.557. The molecule has 0 radical (unpaired) electrons. The van der Waals surface area contributed by atoms with Crippen LogP contribution in [0, 0.1) is 11.3 Å². The monoisotopic (exact) mass is 213 g/mol. The average molecular weight is 213 g/mol. The van der Waals surface area contributed by atoms with Crippen molar-refractivity contribution in [2.24, 2.45) is 5.16 Å². The summed E-state index contributed by atoms with van der Waals surface area (Å²) >= 11 is 0. The van der Waals surface area contributed by atoms with Crippen molar-refractivity contribution in [3.05, 3.63) is 0 Å². The van der Waals surface area contributed by atoms with Crippen LogP contribution in [0.4, 0.5) is 4.79 Å². The van der Waals surface area contributed by atoms with Crippen molar-refractivity contribution in [3.63, 3.8) is 0 Å². The van der Waals surface area contributed by atoms with Gasteiger partial charge in [-0.2, -0.15) is 5.26 Å². The van der Waals surface area contributed by atoms with Gasteiger partial charge in [-0.05, 0) is 13.8 Å². The number of ether oxygens (including phenoxy) is 1. The Morgan fingerprint density at radius 3 is 2.47 bits per heavy atom. The summed E-state index contributed by atoms with van der Waals surface area (Å²) < 4.78 is 4.55. The Balaban J connectivity index is 4.31. The maximum Gasteiger partial charge on any atom is 0.535 e. The zero-order valence-electron chi connectivity index (χ0n) is 8.60. The molecule has 0 aromatic heterocycles. The normalized spacial score (nSPS) is 10.5. The Bertz CT molecular complexity index is 316. The number of hydrogen-bond acceptors (Lipinski definition) is 6. The summed E-state index contributed by atoms with van der Waals surface area (Å²) in [6.07, 6.45) is -1.43. The van der Waals surface area contributed by atoms with Crippen molar-refractivity contribution in [1.29, 1.82) is 5.26 Å². The third kappa shape index (κ3) is 5.25.